The summed E-state index contributed by atoms with van der Waals surface area (Å²) in [7, 11) is 0. The van der Waals surface area contributed by atoms with Crippen LogP contribution in [0.15, 0.2) is 152 Å². The summed E-state index contributed by atoms with van der Waals surface area (Å²) in [5.74, 6) is -0.0926. The lowest BCUT2D eigenvalue weighted by Crippen LogP contribution is -2.14. The summed E-state index contributed by atoms with van der Waals surface area (Å²) in [5, 5.41) is 0. The first-order valence-electron chi connectivity index (χ1n) is 28.6. The third kappa shape index (κ3) is 17.2. The maximum atomic E-state index is 13.3. The second-order valence-corrected chi connectivity index (χ2v) is 26.0. The first kappa shape index (κ1) is 57.6. The molecule has 8 rings (SSSR count). The van der Waals surface area contributed by atoms with Gasteiger partial charge in [0, 0.05) is 0 Å². The van der Waals surface area contributed by atoms with E-state index < -0.39 is 0 Å². The molecule has 2 heteroatoms. The van der Waals surface area contributed by atoms with Crippen molar-refractivity contribution in [3.63, 3.8) is 0 Å². The van der Waals surface area contributed by atoms with Crippen LogP contribution in [0, 0.1) is 5.92 Å². The number of hydrogen-bond donors (Lipinski definition) is 0. The fourth-order valence-electron chi connectivity index (χ4n) is 9.97. The van der Waals surface area contributed by atoms with Crippen molar-refractivity contribution in [1.29, 1.82) is 0 Å². The molecule has 0 aliphatic heterocycles. The van der Waals surface area contributed by atoms with E-state index in [0.717, 1.165) is 98.0 Å². The van der Waals surface area contributed by atoms with Crippen molar-refractivity contribution in [3.05, 3.63) is 246 Å². The molecule has 0 spiro atoms. The second kappa shape index (κ2) is 25.1. The molecule has 0 radical (unpaired) electrons. The highest BCUT2D eigenvalue weighted by molar-refractivity contribution is 5.82. The number of carbonyl (C=O) groups excluding carboxylic acids is 1. The van der Waals surface area contributed by atoms with Gasteiger partial charge >= 0.3 is 5.97 Å². The summed E-state index contributed by atoms with van der Waals surface area (Å²) in [4.78, 5) is 13.3. The molecule has 0 N–H and O–H groups in total. The fraction of sp³-hybridized carbons (Fsp3) is 0.286. The van der Waals surface area contributed by atoms with E-state index in [9.17, 15) is 4.79 Å². The van der Waals surface area contributed by atoms with E-state index in [2.05, 4.69) is 308 Å². The van der Waals surface area contributed by atoms with Gasteiger partial charge < -0.3 is 4.74 Å². The summed E-state index contributed by atoms with van der Waals surface area (Å²) in [6, 6.07) is 55.5. The quantitative estimate of drug-likeness (QED) is 0.0756. The molecule has 404 valence electrons. The van der Waals surface area contributed by atoms with Gasteiger partial charge in [-0.05, 0) is 184 Å². The summed E-state index contributed by atoms with van der Waals surface area (Å²) < 4.78 is 6.04. The van der Waals surface area contributed by atoms with Crippen molar-refractivity contribution in [3.8, 4) is 0 Å². The van der Waals surface area contributed by atoms with Crippen LogP contribution in [0.5, 0.6) is 0 Å². The maximum absolute atomic E-state index is 13.3. The van der Waals surface area contributed by atoms with Gasteiger partial charge in [0.1, 0.15) is 6.61 Å². The SMILES string of the molecule is CC(C)(C)c1ccc(C=Cc2cc(C=Cc3ccc(C(C)(C)C)cc3)cc(C=Cc3cc(C=Cc4cc(C=Cc5ccc(C(C)(C)C)cc5)cc(C=Cc5ccc(C(C)(C)C)cc5)c4)cc(COC(=O)C4CCCC4)c3)c2)cc1. The van der Waals surface area contributed by atoms with Crippen molar-refractivity contribution in [2.75, 3.05) is 0 Å². The van der Waals surface area contributed by atoms with Crippen LogP contribution in [0.1, 0.15) is 203 Å². The largest absolute Gasteiger partial charge is 0.461 e. The van der Waals surface area contributed by atoms with Gasteiger partial charge in [0.2, 0.25) is 0 Å². The van der Waals surface area contributed by atoms with Crippen LogP contribution in [0.25, 0.3) is 72.9 Å². The van der Waals surface area contributed by atoms with Crippen molar-refractivity contribution in [2.24, 2.45) is 5.92 Å². The van der Waals surface area contributed by atoms with Crippen LogP contribution >= 0.6 is 0 Å². The summed E-state index contributed by atoms with van der Waals surface area (Å²) in [5.41, 5.74) is 20.0. The number of carbonyl (C=O) groups is 1. The molecular weight excluding hydrogens is 957 g/mol. The van der Waals surface area contributed by atoms with Crippen LogP contribution in [0.3, 0.4) is 0 Å². The fourth-order valence-corrected chi connectivity index (χ4v) is 9.97. The molecule has 0 amide bonds. The Hall–Kier alpha value is -7.55. The van der Waals surface area contributed by atoms with E-state index in [0.29, 0.717) is 0 Å². The molecule has 2 nitrogen and oxygen atoms in total. The molecule has 0 saturated heterocycles. The van der Waals surface area contributed by atoms with Crippen molar-refractivity contribution < 1.29 is 9.53 Å². The zero-order chi connectivity index (χ0) is 56.4. The van der Waals surface area contributed by atoms with E-state index in [1.165, 1.54) is 22.3 Å². The van der Waals surface area contributed by atoms with Gasteiger partial charge in [-0.1, -0.05) is 266 Å². The molecule has 1 aliphatic carbocycles. The Labute approximate surface area is 475 Å². The first-order valence-corrected chi connectivity index (χ1v) is 28.6. The second-order valence-electron chi connectivity index (χ2n) is 26.0. The Morgan fingerprint density at radius 2 is 0.532 bits per heavy atom. The standard InChI is InChI=1S/C77H84O2/c1-74(2,3)69-37-29-55(30-38-69)17-21-59-45-60(22-18-56-31-39-70(40-32-56)75(4,5)6)48-63(47-59)25-27-65-51-66(53-67(52-65)54-79-73(78)68-15-13-14-16-68)28-26-64-49-61(23-19-57-33-41-71(42-34-57)76(7,8)9)46-62(50-64)24-20-58-35-43-72(44-36-58)77(10,11)12/h17-53,68H,13-16,54H2,1-12H3. The highest BCUT2D eigenvalue weighted by atomic mass is 16.5. The molecule has 0 aromatic heterocycles. The van der Waals surface area contributed by atoms with Crippen LogP contribution in [-0.4, -0.2) is 5.97 Å². The predicted molar refractivity (Wildman–Crippen MR) is 345 cm³/mol. The normalized spacial score (nSPS) is 14.1. The third-order valence-corrected chi connectivity index (χ3v) is 15.0. The number of ether oxygens (including phenoxy) is 1. The Bertz CT molecular complexity index is 2990. The molecule has 7 aromatic carbocycles. The lowest BCUT2D eigenvalue weighted by Gasteiger charge is -2.18. The zero-order valence-corrected chi connectivity index (χ0v) is 49.3. The molecule has 79 heavy (non-hydrogen) atoms. The van der Waals surface area contributed by atoms with E-state index in [4.69, 9.17) is 4.74 Å². The summed E-state index contributed by atoms with van der Waals surface area (Å²) in [6.45, 7) is 27.2. The minimum absolute atomic E-state index is 0.00649. The van der Waals surface area contributed by atoms with Gasteiger partial charge in [-0.3, -0.25) is 4.79 Å². The van der Waals surface area contributed by atoms with E-state index in [-0.39, 0.29) is 40.2 Å². The molecule has 1 aliphatic rings. The number of esters is 1. The Morgan fingerprint density at radius 3 is 0.747 bits per heavy atom. The summed E-state index contributed by atoms with van der Waals surface area (Å²) >= 11 is 0. The van der Waals surface area contributed by atoms with Crippen LogP contribution in [-0.2, 0) is 37.8 Å². The third-order valence-electron chi connectivity index (χ3n) is 15.0. The molecule has 7 aromatic rings. The molecule has 0 atom stereocenters. The van der Waals surface area contributed by atoms with Gasteiger partial charge in [0.15, 0.2) is 0 Å². The highest BCUT2D eigenvalue weighted by Gasteiger charge is 2.24. The van der Waals surface area contributed by atoms with Crippen molar-refractivity contribution >= 4 is 78.9 Å². The minimum Gasteiger partial charge on any atom is -0.461 e. The first-order chi connectivity index (χ1) is 37.5. The zero-order valence-electron chi connectivity index (χ0n) is 49.3. The average Bonchev–Trinajstić information content (AvgIpc) is 3.98. The van der Waals surface area contributed by atoms with Gasteiger partial charge in [-0.15, -0.1) is 0 Å². The van der Waals surface area contributed by atoms with Crippen LogP contribution in [0.2, 0.25) is 0 Å². The highest BCUT2D eigenvalue weighted by Crippen LogP contribution is 2.30. The van der Waals surface area contributed by atoms with E-state index >= 15 is 0 Å². The Morgan fingerprint density at radius 1 is 0.329 bits per heavy atom. The average molecular weight is 1040 g/mol. The molecule has 1 saturated carbocycles. The topological polar surface area (TPSA) is 26.3 Å². The molecule has 0 heterocycles. The molecule has 1 fully saturated rings. The summed E-state index contributed by atoms with van der Waals surface area (Å²) in [6.07, 6.45) is 30.4. The molecule has 0 bridgehead atoms. The van der Waals surface area contributed by atoms with E-state index in [1.54, 1.807) is 0 Å². The lowest BCUT2D eigenvalue weighted by molar-refractivity contribution is -0.149. The lowest BCUT2D eigenvalue weighted by atomic mass is 9.86. The smallest absolute Gasteiger partial charge is 0.309 e. The van der Waals surface area contributed by atoms with Crippen molar-refractivity contribution in [2.45, 2.75) is 137 Å². The van der Waals surface area contributed by atoms with Gasteiger partial charge in [-0.25, -0.2) is 0 Å². The van der Waals surface area contributed by atoms with Gasteiger partial charge in [-0.2, -0.15) is 0 Å². The molecular formula is C77H84O2. The minimum atomic E-state index is -0.0861. The number of hydrogen-bond acceptors (Lipinski definition) is 2. The van der Waals surface area contributed by atoms with Crippen LogP contribution in [0.4, 0.5) is 0 Å². The maximum Gasteiger partial charge on any atom is 0.309 e. The Kier molecular flexibility index (Phi) is 18.3. The monoisotopic (exact) mass is 1040 g/mol. The molecule has 0 unspecified atom stereocenters. The Balaban J connectivity index is 1.13. The number of rotatable bonds is 15. The van der Waals surface area contributed by atoms with Gasteiger partial charge in [0.25, 0.3) is 0 Å². The predicted octanol–water partition coefficient (Wildman–Crippen LogP) is 21.1. The van der Waals surface area contributed by atoms with E-state index in [1.807, 2.05) is 0 Å². The van der Waals surface area contributed by atoms with Gasteiger partial charge in [0.05, 0.1) is 5.92 Å². The number of benzene rings is 7. The van der Waals surface area contributed by atoms with Crippen LogP contribution < -0.4 is 0 Å². The van der Waals surface area contributed by atoms with Crippen molar-refractivity contribution in [1.82, 2.24) is 0 Å².